The Balaban J connectivity index is 2.61. The number of nitrogens with one attached hydrogen (secondary N) is 1. The second-order valence-electron chi connectivity index (χ2n) is 3.57. The Kier molecular flexibility index (Phi) is 2.64. The van der Waals surface area contributed by atoms with Crippen LogP contribution in [0.15, 0.2) is 18.2 Å². The van der Waals surface area contributed by atoms with Crippen molar-refractivity contribution in [2.75, 3.05) is 14.2 Å². The Labute approximate surface area is 89.0 Å². The topological polar surface area (TPSA) is 34.2 Å². The average molecular weight is 205 g/mol. The van der Waals surface area contributed by atoms with Crippen LogP contribution in [0, 0.1) is 6.92 Å². The third kappa shape index (κ3) is 1.70. The van der Waals surface area contributed by atoms with Crippen molar-refractivity contribution in [3.8, 4) is 5.75 Å². The maximum atomic E-state index is 5.21. The van der Waals surface area contributed by atoms with Crippen LogP contribution in [0.1, 0.15) is 11.3 Å². The van der Waals surface area contributed by atoms with Gasteiger partial charge in [-0.3, -0.25) is 0 Å². The summed E-state index contributed by atoms with van der Waals surface area (Å²) in [7, 11) is 3.38. The first-order valence-electron chi connectivity index (χ1n) is 4.90. The van der Waals surface area contributed by atoms with E-state index in [1.54, 1.807) is 14.2 Å². The average Bonchev–Trinajstić information content (AvgIpc) is 2.55. The maximum absolute atomic E-state index is 5.21. The van der Waals surface area contributed by atoms with E-state index in [0.29, 0.717) is 6.61 Å². The van der Waals surface area contributed by atoms with Crippen LogP contribution >= 0.6 is 0 Å². The molecule has 0 aliphatic heterocycles. The first-order chi connectivity index (χ1) is 7.26. The molecular weight excluding hydrogens is 190 g/mol. The van der Waals surface area contributed by atoms with Crippen molar-refractivity contribution >= 4 is 10.9 Å². The molecule has 2 rings (SSSR count). The number of ether oxygens (including phenoxy) is 2. The van der Waals surface area contributed by atoms with Gasteiger partial charge in [0.15, 0.2) is 0 Å². The largest absolute Gasteiger partial charge is 0.497 e. The van der Waals surface area contributed by atoms with Gasteiger partial charge in [-0.1, -0.05) is 0 Å². The Morgan fingerprint density at radius 1 is 1.27 bits per heavy atom. The number of hydrogen-bond acceptors (Lipinski definition) is 2. The van der Waals surface area contributed by atoms with Gasteiger partial charge in [-0.15, -0.1) is 0 Å². The molecule has 0 radical (unpaired) electrons. The lowest BCUT2D eigenvalue weighted by molar-refractivity contribution is 0.185. The van der Waals surface area contributed by atoms with Gasteiger partial charge in [0.05, 0.1) is 13.7 Å². The zero-order valence-corrected chi connectivity index (χ0v) is 9.26. The van der Waals surface area contributed by atoms with E-state index in [0.717, 1.165) is 17.0 Å². The molecule has 15 heavy (non-hydrogen) atoms. The van der Waals surface area contributed by atoms with Crippen LogP contribution in [0.25, 0.3) is 10.9 Å². The molecule has 0 saturated heterocycles. The third-order valence-electron chi connectivity index (χ3n) is 2.62. The molecule has 3 heteroatoms. The van der Waals surface area contributed by atoms with Crippen molar-refractivity contribution in [2.45, 2.75) is 13.5 Å². The molecule has 1 aromatic carbocycles. The van der Waals surface area contributed by atoms with Crippen molar-refractivity contribution in [1.82, 2.24) is 4.98 Å². The van der Waals surface area contributed by atoms with Gasteiger partial charge in [0, 0.05) is 29.3 Å². The van der Waals surface area contributed by atoms with Gasteiger partial charge in [-0.05, 0) is 25.1 Å². The van der Waals surface area contributed by atoms with Gasteiger partial charge in [-0.2, -0.15) is 0 Å². The fourth-order valence-electron chi connectivity index (χ4n) is 1.82. The number of benzene rings is 1. The van der Waals surface area contributed by atoms with Gasteiger partial charge in [0.1, 0.15) is 5.75 Å². The predicted octanol–water partition coefficient (Wildman–Crippen LogP) is 2.63. The SMILES string of the molecule is COCc1c(C)[nH]c2ccc(OC)cc12. The molecule has 1 heterocycles. The quantitative estimate of drug-likeness (QED) is 0.835. The minimum absolute atomic E-state index is 0.624. The highest BCUT2D eigenvalue weighted by Crippen LogP contribution is 2.26. The molecule has 80 valence electrons. The number of rotatable bonds is 3. The molecule has 0 saturated carbocycles. The van der Waals surface area contributed by atoms with E-state index in [1.807, 2.05) is 18.2 Å². The van der Waals surface area contributed by atoms with Crippen LogP contribution < -0.4 is 4.74 Å². The van der Waals surface area contributed by atoms with Crippen LogP contribution in [-0.4, -0.2) is 19.2 Å². The molecular formula is C12H15NO2. The molecule has 3 nitrogen and oxygen atoms in total. The van der Waals surface area contributed by atoms with Crippen molar-refractivity contribution in [2.24, 2.45) is 0 Å². The monoisotopic (exact) mass is 205 g/mol. The molecule has 1 N–H and O–H groups in total. The van der Waals surface area contributed by atoms with Crippen LogP contribution in [0.4, 0.5) is 0 Å². The highest BCUT2D eigenvalue weighted by atomic mass is 16.5. The van der Waals surface area contributed by atoms with E-state index in [-0.39, 0.29) is 0 Å². The van der Waals surface area contributed by atoms with Gasteiger partial charge in [0.25, 0.3) is 0 Å². The summed E-state index contributed by atoms with van der Waals surface area (Å²) in [5.74, 6) is 0.874. The summed E-state index contributed by atoms with van der Waals surface area (Å²) in [5.41, 5.74) is 3.48. The molecule has 0 aliphatic rings. The summed E-state index contributed by atoms with van der Waals surface area (Å²) in [6.45, 7) is 2.68. The molecule has 1 aromatic heterocycles. The lowest BCUT2D eigenvalue weighted by Crippen LogP contribution is -1.88. The molecule has 0 aliphatic carbocycles. The Bertz CT molecular complexity index is 474. The summed E-state index contributed by atoms with van der Waals surface area (Å²) < 4.78 is 10.4. The van der Waals surface area contributed by atoms with Gasteiger partial charge in [-0.25, -0.2) is 0 Å². The normalized spacial score (nSPS) is 10.9. The molecule has 0 fully saturated rings. The summed E-state index contributed by atoms with van der Waals surface area (Å²) in [6, 6.07) is 6.02. The van der Waals surface area contributed by atoms with E-state index in [9.17, 15) is 0 Å². The standard InChI is InChI=1S/C12H15NO2/c1-8-11(7-14-2)10-6-9(15-3)4-5-12(10)13-8/h4-6,13H,7H2,1-3H3. The number of aromatic nitrogens is 1. The van der Waals surface area contributed by atoms with Crippen molar-refractivity contribution in [1.29, 1.82) is 0 Å². The number of aromatic amines is 1. The lowest BCUT2D eigenvalue weighted by atomic mass is 10.1. The van der Waals surface area contributed by atoms with Gasteiger partial charge < -0.3 is 14.5 Å². The summed E-state index contributed by atoms with van der Waals surface area (Å²) in [5, 5.41) is 1.17. The molecule has 0 bridgehead atoms. The minimum atomic E-state index is 0.624. The van der Waals surface area contributed by atoms with Crippen LogP contribution in [0.3, 0.4) is 0 Å². The molecule has 2 aromatic rings. The Morgan fingerprint density at radius 3 is 2.73 bits per heavy atom. The Hall–Kier alpha value is -1.48. The highest BCUT2D eigenvalue weighted by Gasteiger charge is 2.08. The lowest BCUT2D eigenvalue weighted by Gasteiger charge is -2.01. The molecule has 0 atom stereocenters. The third-order valence-corrected chi connectivity index (χ3v) is 2.62. The maximum Gasteiger partial charge on any atom is 0.119 e. The number of H-pyrrole nitrogens is 1. The molecule has 0 amide bonds. The fourth-order valence-corrected chi connectivity index (χ4v) is 1.82. The highest BCUT2D eigenvalue weighted by molar-refractivity contribution is 5.85. The van der Waals surface area contributed by atoms with Gasteiger partial charge >= 0.3 is 0 Å². The number of methoxy groups -OCH3 is 2. The zero-order valence-electron chi connectivity index (χ0n) is 9.26. The summed E-state index contributed by atoms with van der Waals surface area (Å²) >= 11 is 0. The van der Waals surface area contributed by atoms with E-state index < -0.39 is 0 Å². The zero-order chi connectivity index (χ0) is 10.8. The van der Waals surface area contributed by atoms with E-state index >= 15 is 0 Å². The van der Waals surface area contributed by atoms with Crippen molar-refractivity contribution < 1.29 is 9.47 Å². The predicted molar refractivity (Wildman–Crippen MR) is 60.3 cm³/mol. The second kappa shape index (κ2) is 3.95. The summed E-state index contributed by atoms with van der Waals surface area (Å²) in [6.07, 6.45) is 0. The molecule has 0 spiro atoms. The van der Waals surface area contributed by atoms with Crippen molar-refractivity contribution in [3.05, 3.63) is 29.5 Å². The number of hydrogen-bond donors (Lipinski definition) is 1. The number of fused-ring (bicyclic) bond motifs is 1. The minimum Gasteiger partial charge on any atom is -0.497 e. The Morgan fingerprint density at radius 2 is 2.07 bits per heavy atom. The molecule has 0 unspecified atom stereocenters. The first kappa shape index (κ1) is 10.1. The van der Waals surface area contributed by atoms with Gasteiger partial charge in [0.2, 0.25) is 0 Å². The fraction of sp³-hybridized carbons (Fsp3) is 0.333. The summed E-state index contributed by atoms with van der Waals surface area (Å²) in [4.78, 5) is 3.33. The van der Waals surface area contributed by atoms with E-state index in [1.165, 1.54) is 10.9 Å². The van der Waals surface area contributed by atoms with E-state index in [4.69, 9.17) is 9.47 Å². The van der Waals surface area contributed by atoms with Crippen LogP contribution in [-0.2, 0) is 11.3 Å². The van der Waals surface area contributed by atoms with Crippen LogP contribution in [0.5, 0.6) is 5.75 Å². The first-order valence-corrected chi connectivity index (χ1v) is 4.90. The second-order valence-corrected chi connectivity index (χ2v) is 3.57. The van der Waals surface area contributed by atoms with Crippen molar-refractivity contribution in [3.63, 3.8) is 0 Å². The van der Waals surface area contributed by atoms with E-state index in [2.05, 4.69) is 11.9 Å². The van der Waals surface area contributed by atoms with Crippen LogP contribution in [0.2, 0.25) is 0 Å². The number of aryl methyl sites for hydroxylation is 1. The smallest absolute Gasteiger partial charge is 0.119 e.